The van der Waals surface area contributed by atoms with Crippen LogP contribution in [0.5, 0.6) is 0 Å². The van der Waals surface area contributed by atoms with Gasteiger partial charge in [0.1, 0.15) is 5.65 Å². The zero-order chi connectivity index (χ0) is 15.1. The van der Waals surface area contributed by atoms with Gasteiger partial charge in [0.25, 0.3) is 0 Å². The Hall–Kier alpha value is -1.84. The van der Waals surface area contributed by atoms with Gasteiger partial charge >= 0.3 is 0 Å². The summed E-state index contributed by atoms with van der Waals surface area (Å²) in [4.78, 5) is 16.9. The molecule has 1 atom stereocenters. The Morgan fingerprint density at radius 1 is 1.45 bits per heavy atom. The van der Waals surface area contributed by atoms with E-state index in [1.807, 2.05) is 33.2 Å². The number of fused-ring (bicyclic) bond motifs is 1. The summed E-state index contributed by atoms with van der Waals surface area (Å²) >= 11 is 0. The molecule has 0 saturated heterocycles. The van der Waals surface area contributed by atoms with Crippen molar-refractivity contribution in [3.63, 3.8) is 0 Å². The quantitative estimate of drug-likeness (QED) is 0.784. The van der Waals surface area contributed by atoms with Crippen molar-refractivity contribution >= 4 is 17.4 Å². The third kappa shape index (κ3) is 3.38. The smallest absolute Gasteiger partial charge is 0.209 e. The van der Waals surface area contributed by atoms with Gasteiger partial charge in [0.15, 0.2) is 0 Å². The molecule has 0 aliphatic rings. The van der Waals surface area contributed by atoms with Crippen LogP contribution in [0.25, 0.3) is 11.0 Å². The molecular formula is C16H25N3O. The maximum absolute atomic E-state index is 10.8. The topological polar surface area (TPSA) is 38.1 Å². The van der Waals surface area contributed by atoms with Gasteiger partial charge in [0.2, 0.25) is 6.41 Å². The molecule has 0 spiro atoms. The Kier molecular flexibility index (Phi) is 6.22. The fraction of sp³-hybridized carbons (Fsp3) is 0.500. The van der Waals surface area contributed by atoms with E-state index in [0.717, 1.165) is 18.5 Å². The van der Waals surface area contributed by atoms with E-state index >= 15 is 0 Å². The minimum atomic E-state index is 0.270. The number of likely N-dealkylation sites (N-methyl/N-ethyl adjacent to an activating group) is 1. The fourth-order valence-corrected chi connectivity index (χ4v) is 2.32. The second kappa shape index (κ2) is 7.68. The van der Waals surface area contributed by atoms with Gasteiger partial charge in [-0.2, -0.15) is 0 Å². The molecule has 0 aliphatic heterocycles. The molecule has 0 aliphatic carbocycles. The standard InChI is InChI=1S/C14H19N3O.C2H6/c1-4-12(9-16(3)10-18)17-8-11(2)13-6-5-7-15-14(13)17;1-2/h5-8,10,12H,4,9H2,1-3H3;1-2H3. The Morgan fingerprint density at radius 3 is 2.75 bits per heavy atom. The van der Waals surface area contributed by atoms with E-state index in [0.29, 0.717) is 6.54 Å². The second-order valence-electron chi connectivity index (χ2n) is 4.70. The van der Waals surface area contributed by atoms with Gasteiger partial charge in [0, 0.05) is 31.4 Å². The second-order valence-corrected chi connectivity index (χ2v) is 4.70. The van der Waals surface area contributed by atoms with E-state index in [1.54, 1.807) is 4.90 Å². The highest BCUT2D eigenvalue weighted by Gasteiger charge is 2.15. The van der Waals surface area contributed by atoms with Crippen LogP contribution in [0.4, 0.5) is 0 Å². The summed E-state index contributed by atoms with van der Waals surface area (Å²) in [6.07, 6.45) is 5.78. The number of nitrogens with zero attached hydrogens (tertiary/aromatic N) is 3. The molecule has 4 heteroatoms. The molecule has 0 radical (unpaired) electrons. The third-order valence-electron chi connectivity index (χ3n) is 3.33. The minimum absolute atomic E-state index is 0.270. The third-order valence-corrected chi connectivity index (χ3v) is 3.33. The summed E-state index contributed by atoms with van der Waals surface area (Å²) in [5.41, 5.74) is 2.23. The molecule has 2 aromatic rings. The molecule has 0 bridgehead atoms. The van der Waals surface area contributed by atoms with Crippen molar-refractivity contribution in [3.8, 4) is 0 Å². The number of hydrogen-bond acceptors (Lipinski definition) is 2. The summed E-state index contributed by atoms with van der Waals surface area (Å²) in [7, 11) is 1.81. The maximum Gasteiger partial charge on any atom is 0.209 e. The summed E-state index contributed by atoms with van der Waals surface area (Å²) in [6, 6.07) is 4.31. The molecular weight excluding hydrogens is 250 g/mol. The number of rotatable bonds is 5. The zero-order valence-corrected chi connectivity index (χ0v) is 13.1. The number of hydrogen-bond donors (Lipinski definition) is 0. The Labute approximate surface area is 121 Å². The van der Waals surface area contributed by atoms with Gasteiger partial charge in [-0.15, -0.1) is 0 Å². The molecule has 0 fully saturated rings. The molecule has 1 amide bonds. The van der Waals surface area contributed by atoms with Crippen molar-refractivity contribution in [2.24, 2.45) is 0 Å². The van der Waals surface area contributed by atoms with Crippen LogP contribution in [0, 0.1) is 6.92 Å². The van der Waals surface area contributed by atoms with Gasteiger partial charge in [0.05, 0.1) is 6.04 Å². The van der Waals surface area contributed by atoms with Crippen LogP contribution < -0.4 is 0 Å². The van der Waals surface area contributed by atoms with Gasteiger partial charge in [-0.25, -0.2) is 4.98 Å². The van der Waals surface area contributed by atoms with Gasteiger partial charge in [-0.3, -0.25) is 4.79 Å². The first kappa shape index (κ1) is 16.2. The van der Waals surface area contributed by atoms with Crippen LogP contribution in [0.15, 0.2) is 24.5 Å². The van der Waals surface area contributed by atoms with E-state index in [4.69, 9.17) is 0 Å². The predicted octanol–water partition coefficient (Wildman–Crippen LogP) is 3.41. The summed E-state index contributed by atoms with van der Waals surface area (Å²) in [5.74, 6) is 0. The first-order chi connectivity index (χ1) is 9.67. The van der Waals surface area contributed by atoms with Crippen LogP contribution in [-0.4, -0.2) is 34.5 Å². The number of aromatic nitrogens is 2. The number of aryl methyl sites for hydroxylation is 1. The van der Waals surface area contributed by atoms with Crippen LogP contribution in [-0.2, 0) is 4.79 Å². The monoisotopic (exact) mass is 275 g/mol. The highest BCUT2D eigenvalue weighted by Crippen LogP contribution is 2.24. The minimum Gasteiger partial charge on any atom is -0.346 e. The van der Waals surface area contributed by atoms with Gasteiger partial charge in [-0.1, -0.05) is 20.8 Å². The van der Waals surface area contributed by atoms with Crippen LogP contribution in [0.1, 0.15) is 38.8 Å². The highest BCUT2D eigenvalue weighted by atomic mass is 16.1. The van der Waals surface area contributed by atoms with Crippen LogP contribution >= 0.6 is 0 Å². The lowest BCUT2D eigenvalue weighted by Crippen LogP contribution is -2.26. The molecule has 110 valence electrons. The van der Waals surface area contributed by atoms with Crippen molar-refractivity contribution in [2.45, 2.75) is 40.2 Å². The number of amides is 1. The fourth-order valence-electron chi connectivity index (χ4n) is 2.32. The zero-order valence-electron chi connectivity index (χ0n) is 13.1. The largest absolute Gasteiger partial charge is 0.346 e. The van der Waals surface area contributed by atoms with Crippen molar-refractivity contribution in [1.82, 2.24) is 14.5 Å². The molecule has 1 unspecified atom stereocenters. The molecule has 0 N–H and O–H groups in total. The number of carbonyl (C=O) groups is 1. The van der Waals surface area contributed by atoms with E-state index < -0.39 is 0 Å². The molecule has 2 heterocycles. The first-order valence-corrected chi connectivity index (χ1v) is 7.25. The molecule has 4 nitrogen and oxygen atoms in total. The summed E-state index contributed by atoms with van der Waals surface area (Å²) in [5, 5.41) is 1.18. The van der Waals surface area contributed by atoms with E-state index in [1.165, 1.54) is 10.9 Å². The number of pyridine rings is 1. The normalized spacial score (nSPS) is 11.7. The maximum atomic E-state index is 10.8. The van der Waals surface area contributed by atoms with E-state index in [2.05, 4.69) is 35.7 Å². The number of carbonyl (C=O) groups excluding carboxylic acids is 1. The molecule has 2 rings (SSSR count). The van der Waals surface area contributed by atoms with Crippen LogP contribution in [0.3, 0.4) is 0 Å². The van der Waals surface area contributed by atoms with Crippen LogP contribution in [0.2, 0.25) is 0 Å². The summed E-state index contributed by atoms with van der Waals surface area (Å²) in [6.45, 7) is 8.93. The van der Waals surface area contributed by atoms with Gasteiger partial charge in [-0.05, 0) is 31.0 Å². The summed E-state index contributed by atoms with van der Waals surface area (Å²) < 4.78 is 2.19. The van der Waals surface area contributed by atoms with Crippen molar-refractivity contribution in [1.29, 1.82) is 0 Å². The molecule has 0 saturated carbocycles. The Balaban J connectivity index is 0.000000956. The average molecular weight is 275 g/mol. The predicted molar refractivity (Wildman–Crippen MR) is 83.8 cm³/mol. The molecule has 0 aromatic carbocycles. The Morgan fingerprint density at radius 2 is 2.15 bits per heavy atom. The van der Waals surface area contributed by atoms with Gasteiger partial charge < -0.3 is 9.47 Å². The molecule has 2 aromatic heterocycles. The SMILES string of the molecule is CC.CCC(CN(C)C=O)n1cc(C)c2cccnc21. The van der Waals surface area contributed by atoms with Crippen molar-refractivity contribution in [3.05, 3.63) is 30.1 Å². The van der Waals surface area contributed by atoms with Crippen molar-refractivity contribution < 1.29 is 4.79 Å². The highest BCUT2D eigenvalue weighted by molar-refractivity contribution is 5.80. The molecule has 20 heavy (non-hydrogen) atoms. The van der Waals surface area contributed by atoms with E-state index in [-0.39, 0.29) is 6.04 Å². The lowest BCUT2D eigenvalue weighted by Gasteiger charge is -2.22. The van der Waals surface area contributed by atoms with Crippen molar-refractivity contribution in [2.75, 3.05) is 13.6 Å². The Bertz CT molecular complexity index is 548. The first-order valence-electron chi connectivity index (χ1n) is 7.25. The lowest BCUT2D eigenvalue weighted by atomic mass is 10.2. The lowest BCUT2D eigenvalue weighted by molar-refractivity contribution is -0.117. The van der Waals surface area contributed by atoms with E-state index in [9.17, 15) is 4.79 Å². The average Bonchev–Trinajstić information content (AvgIpc) is 2.84.